The lowest BCUT2D eigenvalue weighted by Crippen LogP contribution is -2.37. The summed E-state index contributed by atoms with van der Waals surface area (Å²) in [7, 11) is 0. The predicted molar refractivity (Wildman–Crippen MR) is 122 cm³/mol. The van der Waals surface area contributed by atoms with Gasteiger partial charge in [0.05, 0.1) is 0 Å². The van der Waals surface area contributed by atoms with Crippen molar-refractivity contribution < 1.29 is 9.90 Å². The fourth-order valence-electron chi connectivity index (χ4n) is 4.33. The first-order valence-electron chi connectivity index (χ1n) is 9.31. The van der Waals surface area contributed by atoms with E-state index < -0.39 is 5.60 Å². The fraction of sp³-hybridized carbons (Fsp3) is 0.0800. The number of rotatable bonds is 2. The number of benzene rings is 4. The number of hydrogen-bond acceptors (Lipinski definition) is 2. The molecule has 29 heavy (non-hydrogen) atoms. The molecule has 0 aliphatic heterocycles. The van der Waals surface area contributed by atoms with Gasteiger partial charge in [-0.3, -0.25) is 4.79 Å². The van der Waals surface area contributed by atoms with E-state index >= 15 is 0 Å². The van der Waals surface area contributed by atoms with Crippen molar-refractivity contribution >= 4 is 48.4 Å². The lowest BCUT2D eigenvalue weighted by Gasteiger charge is -2.36. The van der Waals surface area contributed by atoms with Crippen LogP contribution >= 0.6 is 31.9 Å². The van der Waals surface area contributed by atoms with Gasteiger partial charge in [-0.1, -0.05) is 86.5 Å². The average Bonchev–Trinajstić information content (AvgIpc) is 2.72. The lowest BCUT2D eigenvalue weighted by atomic mass is 9.71. The van der Waals surface area contributed by atoms with Crippen molar-refractivity contribution in [1.29, 1.82) is 0 Å². The Morgan fingerprint density at radius 3 is 2.00 bits per heavy atom. The van der Waals surface area contributed by atoms with Crippen LogP contribution in [0.3, 0.4) is 0 Å². The largest absolute Gasteiger partial charge is 0.380 e. The van der Waals surface area contributed by atoms with Gasteiger partial charge in [-0.05, 0) is 51.7 Å². The third kappa shape index (κ3) is 2.98. The third-order valence-corrected chi connectivity index (χ3v) is 6.66. The molecule has 142 valence electrons. The summed E-state index contributed by atoms with van der Waals surface area (Å²) < 4.78 is 1.63. The van der Waals surface area contributed by atoms with Gasteiger partial charge in [0.2, 0.25) is 0 Å². The Balaban J connectivity index is 1.77. The zero-order valence-corrected chi connectivity index (χ0v) is 18.5. The van der Waals surface area contributed by atoms with Crippen LogP contribution in [0.1, 0.15) is 32.6 Å². The molecule has 0 unspecified atom stereocenters. The van der Waals surface area contributed by atoms with Crippen LogP contribution in [0.25, 0.3) is 10.8 Å². The Kier molecular flexibility index (Phi) is 4.46. The second-order valence-electron chi connectivity index (χ2n) is 7.38. The van der Waals surface area contributed by atoms with E-state index in [-0.39, 0.29) is 5.78 Å². The third-order valence-electron chi connectivity index (χ3n) is 5.67. The van der Waals surface area contributed by atoms with Crippen LogP contribution in [0.4, 0.5) is 0 Å². The molecule has 0 aromatic heterocycles. The van der Waals surface area contributed by atoms with Crippen LogP contribution in [-0.2, 0) is 12.0 Å². The van der Waals surface area contributed by atoms with Gasteiger partial charge in [0.1, 0.15) is 5.60 Å². The van der Waals surface area contributed by atoms with E-state index in [1.54, 1.807) is 12.1 Å². The van der Waals surface area contributed by atoms with Crippen molar-refractivity contribution in [1.82, 2.24) is 0 Å². The molecular weight excluding hydrogens is 492 g/mol. The number of hydrogen-bond donors (Lipinski definition) is 1. The number of carbonyl (C=O) groups excluding carboxylic acids is 1. The van der Waals surface area contributed by atoms with E-state index in [2.05, 4.69) is 50.1 Å². The summed E-state index contributed by atoms with van der Waals surface area (Å²) in [5, 5.41) is 14.3. The maximum atomic E-state index is 13.2. The molecule has 0 spiro atoms. The predicted octanol–water partition coefficient (Wildman–Crippen LogP) is 6.39. The van der Waals surface area contributed by atoms with Crippen molar-refractivity contribution in [3.63, 3.8) is 0 Å². The maximum absolute atomic E-state index is 13.2. The topological polar surface area (TPSA) is 37.3 Å². The normalized spacial score (nSPS) is 14.5. The molecule has 2 nitrogen and oxygen atoms in total. The van der Waals surface area contributed by atoms with E-state index in [4.69, 9.17) is 0 Å². The van der Waals surface area contributed by atoms with Crippen LogP contribution in [-0.4, -0.2) is 10.9 Å². The number of halogens is 2. The minimum Gasteiger partial charge on any atom is -0.380 e. The van der Waals surface area contributed by atoms with Crippen molar-refractivity contribution in [3.05, 3.63) is 116 Å². The molecule has 5 rings (SSSR count). The number of aliphatic hydroxyl groups is 1. The summed E-state index contributed by atoms with van der Waals surface area (Å²) >= 11 is 6.93. The van der Waals surface area contributed by atoms with E-state index in [0.717, 1.165) is 25.3 Å². The highest BCUT2D eigenvalue weighted by Gasteiger charge is 2.42. The van der Waals surface area contributed by atoms with Gasteiger partial charge in [0.15, 0.2) is 5.78 Å². The summed E-state index contributed by atoms with van der Waals surface area (Å²) in [6, 6.07) is 25.4. The smallest absolute Gasteiger partial charge is 0.193 e. The van der Waals surface area contributed by atoms with E-state index in [1.165, 1.54) is 0 Å². The van der Waals surface area contributed by atoms with Gasteiger partial charge >= 0.3 is 0 Å². The number of carbonyl (C=O) groups is 1. The molecule has 0 heterocycles. The average molecular weight is 508 g/mol. The van der Waals surface area contributed by atoms with Crippen LogP contribution < -0.4 is 0 Å². The summed E-state index contributed by atoms with van der Waals surface area (Å²) in [6.45, 7) is 0. The maximum Gasteiger partial charge on any atom is 0.193 e. The second-order valence-corrected chi connectivity index (χ2v) is 9.22. The van der Waals surface area contributed by atoms with E-state index in [9.17, 15) is 9.90 Å². The van der Waals surface area contributed by atoms with Crippen LogP contribution in [0.2, 0.25) is 0 Å². The molecule has 0 saturated heterocycles. The fourth-order valence-corrected chi connectivity index (χ4v) is 5.06. The highest BCUT2D eigenvalue weighted by molar-refractivity contribution is 9.10. The molecule has 4 heteroatoms. The van der Waals surface area contributed by atoms with Gasteiger partial charge in [0.25, 0.3) is 0 Å². The molecule has 0 atom stereocenters. The SMILES string of the molecule is O=C1c2cc(Br)ccc2C(O)(Cc2cccc3ccccc23)c2ccc(Br)cc21. The highest BCUT2D eigenvalue weighted by atomic mass is 79.9. The lowest BCUT2D eigenvalue weighted by molar-refractivity contribution is 0.0723. The monoisotopic (exact) mass is 506 g/mol. The Bertz CT molecular complexity index is 1230. The minimum atomic E-state index is -1.30. The van der Waals surface area contributed by atoms with Gasteiger partial charge < -0.3 is 5.11 Å². The number of ketones is 1. The molecule has 1 N–H and O–H groups in total. The van der Waals surface area contributed by atoms with Crippen LogP contribution in [0.5, 0.6) is 0 Å². The van der Waals surface area contributed by atoms with Crippen LogP contribution in [0.15, 0.2) is 87.8 Å². The summed E-state index contributed by atoms with van der Waals surface area (Å²) in [5.74, 6) is -0.0693. The summed E-state index contributed by atoms with van der Waals surface area (Å²) in [4.78, 5) is 13.2. The molecule has 1 aliphatic carbocycles. The Labute approximate surface area is 185 Å². The Hall–Kier alpha value is -2.27. The molecule has 0 saturated carbocycles. The molecule has 4 aromatic rings. The molecule has 0 fully saturated rings. The first-order valence-corrected chi connectivity index (χ1v) is 10.9. The van der Waals surface area contributed by atoms with Crippen LogP contribution in [0, 0.1) is 0 Å². The summed E-state index contributed by atoms with van der Waals surface area (Å²) in [6.07, 6.45) is 0.380. The minimum absolute atomic E-state index is 0.0693. The van der Waals surface area contributed by atoms with Gasteiger partial charge in [-0.2, -0.15) is 0 Å². The molecule has 4 aromatic carbocycles. The second kappa shape index (κ2) is 6.91. The quantitative estimate of drug-likeness (QED) is 0.341. The highest BCUT2D eigenvalue weighted by Crippen LogP contribution is 2.44. The Morgan fingerprint density at radius 2 is 1.34 bits per heavy atom. The van der Waals surface area contributed by atoms with Crippen molar-refractivity contribution in [3.8, 4) is 0 Å². The summed E-state index contributed by atoms with van der Waals surface area (Å²) in [5.41, 5.74) is 2.11. The zero-order chi connectivity index (χ0) is 20.2. The van der Waals surface area contributed by atoms with Crippen molar-refractivity contribution in [2.24, 2.45) is 0 Å². The molecule has 0 radical (unpaired) electrons. The standard InChI is InChI=1S/C25H16Br2O2/c26-17-8-10-22-20(12-17)24(28)21-13-18(27)9-11-23(21)25(22,29)14-16-6-3-5-15-4-1-2-7-19(15)16/h1-13,29H,14H2. The van der Waals surface area contributed by atoms with E-state index in [1.807, 2.05) is 48.5 Å². The van der Waals surface area contributed by atoms with Gasteiger partial charge in [-0.15, -0.1) is 0 Å². The molecular formula is C25H16Br2O2. The molecule has 0 bridgehead atoms. The van der Waals surface area contributed by atoms with Crippen molar-refractivity contribution in [2.45, 2.75) is 12.0 Å². The van der Waals surface area contributed by atoms with Crippen molar-refractivity contribution in [2.75, 3.05) is 0 Å². The number of fused-ring (bicyclic) bond motifs is 3. The first-order chi connectivity index (χ1) is 14.0. The van der Waals surface area contributed by atoms with Gasteiger partial charge in [-0.25, -0.2) is 0 Å². The first kappa shape index (κ1) is 18.7. The zero-order valence-electron chi connectivity index (χ0n) is 15.3. The Morgan fingerprint density at radius 1 is 0.759 bits per heavy atom. The molecule has 1 aliphatic rings. The van der Waals surface area contributed by atoms with Gasteiger partial charge in [0, 0.05) is 26.5 Å². The molecule has 0 amide bonds. The van der Waals surface area contributed by atoms with E-state index in [0.29, 0.717) is 28.7 Å².